The molecule has 51 heavy (non-hydrogen) atoms. The van der Waals surface area contributed by atoms with E-state index in [2.05, 4.69) is 10.3 Å². The molecule has 262 valence electrons. The summed E-state index contributed by atoms with van der Waals surface area (Å²) in [5.74, 6) is 1.20. The van der Waals surface area contributed by atoms with Gasteiger partial charge in [0.15, 0.2) is 6.23 Å². The summed E-state index contributed by atoms with van der Waals surface area (Å²) in [6.45, 7) is 0.349. The van der Waals surface area contributed by atoms with Crippen molar-refractivity contribution >= 4 is 11.7 Å². The number of methoxy groups -OCH3 is 3. The van der Waals surface area contributed by atoms with Crippen LogP contribution < -0.4 is 20.5 Å². The monoisotopic (exact) mass is 689 g/mol. The third-order valence-electron chi connectivity index (χ3n) is 9.55. The molecule has 2 saturated heterocycles. The Morgan fingerprint density at radius 2 is 1.43 bits per heavy atom. The largest absolute Gasteiger partial charge is 0.497 e. The zero-order chi connectivity index (χ0) is 35.4. The van der Waals surface area contributed by atoms with Gasteiger partial charge in [-0.2, -0.15) is 4.98 Å². The highest BCUT2D eigenvalue weighted by atomic mass is 16.7. The van der Waals surface area contributed by atoms with Crippen LogP contribution in [0.4, 0.5) is 5.82 Å². The van der Waals surface area contributed by atoms with E-state index < -0.39 is 35.3 Å². The molecule has 2 fully saturated rings. The van der Waals surface area contributed by atoms with E-state index in [0.29, 0.717) is 23.5 Å². The molecule has 2 aliphatic rings. The van der Waals surface area contributed by atoms with Gasteiger partial charge in [-0.15, -0.1) is 0 Å². The molecule has 11 nitrogen and oxygen atoms in total. The van der Waals surface area contributed by atoms with Crippen LogP contribution in [0.2, 0.25) is 0 Å². The van der Waals surface area contributed by atoms with Gasteiger partial charge in [-0.3, -0.25) is 9.36 Å². The van der Waals surface area contributed by atoms with E-state index in [0.717, 1.165) is 16.7 Å². The van der Waals surface area contributed by atoms with Crippen LogP contribution in [-0.2, 0) is 24.5 Å². The highest BCUT2D eigenvalue weighted by Gasteiger charge is 2.61. The van der Waals surface area contributed by atoms with Crippen molar-refractivity contribution in [1.82, 2.24) is 9.55 Å². The summed E-state index contributed by atoms with van der Waals surface area (Å²) in [4.78, 5) is 30.2. The number of rotatable bonds is 13. The van der Waals surface area contributed by atoms with Crippen molar-refractivity contribution < 1.29 is 33.2 Å². The topological polar surface area (TPSA) is 119 Å². The Balaban J connectivity index is 1.23. The molecule has 7 rings (SSSR count). The van der Waals surface area contributed by atoms with Crippen LogP contribution in [0, 0.1) is 0 Å². The van der Waals surface area contributed by atoms with Gasteiger partial charge < -0.3 is 33.7 Å². The summed E-state index contributed by atoms with van der Waals surface area (Å²) in [5.41, 5.74) is 0.438. The van der Waals surface area contributed by atoms with Crippen molar-refractivity contribution in [3.63, 3.8) is 0 Å². The normalized spacial score (nSPS) is 21.0. The van der Waals surface area contributed by atoms with E-state index in [1.54, 1.807) is 57.9 Å². The van der Waals surface area contributed by atoms with Crippen LogP contribution in [0.25, 0.3) is 0 Å². The van der Waals surface area contributed by atoms with Crippen molar-refractivity contribution in [3.8, 4) is 11.5 Å². The van der Waals surface area contributed by atoms with Gasteiger partial charge in [-0.05, 0) is 59.2 Å². The maximum absolute atomic E-state index is 13.4. The Labute approximate surface area is 295 Å². The molecule has 1 amide bonds. The first-order valence-electron chi connectivity index (χ1n) is 16.7. The summed E-state index contributed by atoms with van der Waals surface area (Å²) in [7, 11) is 4.88. The molecule has 5 aromatic rings. The molecule has 2 bridgehead atoms. The molecule has 1 aromatic heterocycles. The third-order valence-corrected chi connectivity index (χ3v) is 9.55. The van der Waals surface area contributed by atoms with Crippen LogP contribution >= 0.6 is 0 Å². The van der Waals surface area contributed by atoms with Gasteiger partial charge in [-0.1, -0.05) is 72.8 Å². The summed E-state index contributed by atoms with van der Waals surface area (Å²) in [6, 6.07) is 35.9. The number of nitrogens with one attached hydrogen (secondary N) is 1. The van der Waals surface area contributed by atoms with Crippen LogP contribution in [-0.4, -0.2) is 67.8 Å². The second-order valence-corrected chi connectivity index (χ2v) is 12.5. The molecule has 0 saturated carbocycles. The van der Waals surface area contributed by atoms with Gasteiger partial charge >= 0.3 is 5.69 Å². The summed E-state index contributed by atoms with van der Waals surface area (Å²) in [6.07, 6.45) is 0.269. The lowest BCUT2D eigenvalue weighted by molar-refractivity contribution is -0.241. The summed E-state index contributed by atoms with van der Waals surface area (Å²) >= 11 is 0. The molecular weight excluding hydrogens is 650 g/mol. The second kappa shape index (κ2) is 14.5. The average molecular weight is 690 g/mol. The zero-order valence-electron chi connectivity index (χ0n) is 28.6. The molecular formula is C40H39N3O8. The smallest absolute Gasteiger partial charge is 0.351 e. The first-order valence-corrected chi connectivity index (χ1v) is 16.7. The molecule has 4 unspecified atom stereocenters. The molecule has 4 atom stereocenters. The molecule has 0 radical (unpaired) electrons. The second-order valence-electron chi connectivity index (χ2n) is 12.5. The number of carbonyl (C=O) groups is 1. The fourth-order valence-corrected chi connectivity index (χ4v) is 6.99. The number of fused-ring (bicyclic) bond motifs is 2. The van der Waals surface area contributed by atoms with Crippen molar-refractivity contribution in [1.29, 1.82) is 0 Å². The van der Waals surface area contributed by atoms with Crippen LogP contribution in [0.5, 0.6) is 11.5 Å². The minimum Gasteiger partial charge on any atom is -0.497 e. The Bertz CT molecular complexity index is 1960. The Kier molecular flexibility index (Phi) is 9.70. The number of anilines is 1. The van der Waals surface area contributed by atoms with Crippen molar-refractivity contribution in [2.24, 2.45) is 0 Å². The molecule has 3 heterocycles. The third kappa shape index (κ3) is 6.52. The lowest BCUT2D eigenvalue weighted by Gasteiger charge is -2.42. The predicted molar refractivity (Wildman–Crippen MR) is 189 cm³/mol. The Morgan fingerprint density at radius 3 is 2.00 bits per heavy atom. The van der Waals surface area contributed by atoms with E-state index in [9.17, 15) is 9.59 Å². The molecule has 0 spiro atoms. The molecule has 4 aromatic carbocycles. The summed E-state index contributed by atoms with van der Waals surface area (Å²) in [5, 5.41) is 2.69. The summed E-state index contributed by atoms with van der Waals surface area (Å²) < 4.78 is 38.5. The van der Waals surface area contributed by atoms with Crippen molar-refractivity contribution in [2.45, 2.75) is 36.1 Å². The quantitative estimate of drug-likeness (QED) is 0.158. The van der Waals surface area contributed by atoms with E-state index in [1.165, 1.54) is 4.57 Å². The van der Waals surface area contributed by atoms with E-state index in [4.69, 9.17) is 28.4 Å². The minimum atomic E-state index is -1.09. The first-order chi connectivity index (χ1) is 24.9. The van der Waals surface area contributed by atoms with Crippen LogP contribution in [0.15, 0.2) is 126 Å². The number of aromatic nitrogens is 2. The van der Waals surface area contributed by atoms with E-state index in [1.807, 2.05) is 84.9 Å². The van der Waals surface area contributed by atoms with Gasteiger partial charge in [0.25, 0.3) is 5.91 Å². The van der Waals surface area contributed by atoms with Gasteiger partial charge in [0, 0.05) is 25.3 Å². The number of nitrogens with zero attached hydrogens (tertiary/aromatic N) is 2. The fourth-order valence-electron chi connectivity index (χ4n) is 6.99. The molecule has 0 aliphatic carbocycles. The minimum absolute atomic E-state index is 0.0916. The average Bonchev–Trinajstić information content (AvgIpc) is 3.72. The molecule has 1 N–H and O–H groups in total. The fraction of sp³-hybridized carbons (Fsp3) is 0.275. The highest BCUT2D eigenvalue weighted by Crippen LogP contribution is 2.51. The predicted octanol–water partition coefficient (Wildman–Crippen LogP) is 5.59. The maximum atomic E-state index is 13.4. The van der Waals surface area contributed by atoms with Crippen molar-refractivity contribution in [3.05, 3.63) is 154 Å². The van der Waals surface area contributed by atoms with E-state index >= 15 is 0 Å². The zero-order valence-corrected chi connectivity index (χ0v) is 28.6. The highest BCUT2D eigenvalue weighted by molar-refractivity contribution is 6.03. The van der Waals surface area contributed by atoms with Gasteiger partial charge in [0.05, 0.1) is 27.4 Å². The van der Waals surface area contributed by atoms with Crippen LogP contribution in [0.1, 0.15) is 39.7 Å². The lowest BCUT2D eigenvalue weighted by atomic mass is 9.79. The van der Waals surface area contributed by atoms with Crippen LogP contribution in [0.3, 0.4) is 0 Å². The Hall–Kier alpha value is -5.33. The van der Waals surface area contributed by atoms with Crippen molar-refractivity contribution in [2.75, 3.05) is 39.9 Å². The number of ether oxygens (including phenoxy) is 6. The SMILES string of the molecule is COCC1OC2CC1(COC(c1ccccc1)(c1ccc(OC)cc1)c1ccc(OC)cc1)OC2n1ccc(NC(=O)c2ccccc2)nc1=O. The number of hydrogen-bond donors (Lipinski definition) is 1. The maximum Gasteiger partial charge on any atom is 0.351 e. The lowest BCUT2D eigenvalue weighted by Crippen LogP contribution is -2.52. The number of benzene rings is 4. The standard InChI is InChI=1S/C40H39N3O8/c1-46-25-34-39(24-33(50-34)37(51-39)43-23-22-35(42-38(43)45)41-36(44)27-10-6-4-7-11-27)26-49-40(28-12-8-5-9-13-28,29-14-18-31(47-2)19-15-29)30-16-20-32(48-3)21-17-30/h4-23,33-34,37H,24-26H2,1-3H3,(H,41,42,44,45). The number of hydrogen-bond acceptors (Lipinski definition) is 9. The Morgan fingerprint density at radius 1 is 0.843 bits per heavy atom. The number of amides is 1. The number of carbonyl (C=O) groups excluding carboxylic acids is 1. The molecule has 2 aliphatic heterocycles. The molecule has 11 heteroatoms. The van der Waals surface area contributed by atoms with Gasteiger partial charge in [0.2, 0.25) is 0 Å². The van der Waals surface area contributed by atoms with E-state index in [-0.39, 0.29) is 24.9 Å². The van der Waals surface area contributed by atoms with Gasteiger partial charge in [-0.25, -0.2) is 4.79 Å². The van der Waals surface area contributed by atoms with Gasteiger partial charge in [0.1, 0.15) is 40.7 Å². The first kappa shape index (κ1) is 34.1.